The van der Waals surface area contributed by atoms with Crippen molar-refractivity contribution in [2.24, 2.45) is 0 Å². The second-order valence-corrected chi connectivity index (χ2v) is 4.65. The largest absolute Gasteiger partial charge is 0.312 e. The van der Waals surface area contributed by atoms with Crippen LogP contribution in [0.4, 0.5) is 0 Å². The lowest BCUT2D eigenvalue weighted by Gasteiger charge is -2.50. The van der Waals surface area contributed by atoms with Gasteiger partial charge in [-0.05, 0) is 33.1 Å². The summed E-state index contributed by atoms with van der Waals surface area (Å²) >= 11 is 0. The van der Waals surface area contributed by atoms with Crippen molar-refractivity contribution in [3.8, 4) is 0 Å². The molecule has 1 aliphatic carbocycles. The first-order valence-electron chi connectivity index (χ1n) is 5.19. The maximum atomic E-state index is 3.49. The summed E-state index contributed by atoms with van der Waals surface area (Å²) in [5.74, 6) is 0. The van der Waals surface area contributed by atoms with Gasteiger partial charge in [-0.2, -0.15) is 0 Å². The van der Waals surface area contributed by atoms with Gasteiger partial charge in [-0.3, -0.25) is 4.90 Å². The Morgan fingerprint density at radius 2 is 2.17 bits per heavy atom. The monoisotopic (exact) mass is 168 g/mol. The minimum Gasteiger partial charge on any atom is -0.312 e. The van der Waals surface area contributed by atoms with Gasteiger partial charge in [0, 0.05) is 31.2 Å². The summed E-state index contributed by atoms with van der Waals surface area (Å²) in [7, 11) is 0. The van der Waals surface area contributed by atoms with Crippen molar-refractivity contribution < 1.29 is 0 Å². The van der Waals surface area contributed by atoms with Gasteiger partial charge in [-0.1, -0.05) is 0 Å². The van der Waals surface area contributed by atoms with Crippen LogP contribution in [-0.4, -0.2) is 36.1 Å². The van der Waals surface area contributed by atoms with E-state index in [1.54, 1.807) is 0 Å². The minimum atomic E-state index is 0.566. The highest BCUT2D eigenvalue weighted by atomic mass is 15.3. The fraction of sp³-hybridized carbons (Fsp3) is 1.00. The fourth-order valence-corrected chi connectivity index (χ4v) is 2.43. The number of hydrogen-bond acceptors (Lipinski definition) is 2. The zero-order valence-electron chi connectivity index (χ0n) is 8.27. The molecule has 1 saturated heterocycles. The lowest BCUT2D eigenvalue weighted by Crippen LogP contribution is -2.60. The first-order chi connectivity index (χ1) is 5.71. The highest BCUT2D eigenvalue weighted by molar-refractivity contribution is 4.96. The van der Waals surface area contributed by atoms with Crippen LogP contribution in [0.3, 0.4) is 0 Å². The molecule has 12 heavy (non-hydrogen) atoms. The molecule has 1 aliphatic heterocycles. The van der Waals surface area contributed by atoms with Crippen molar-refractivity contribution in [3.63, 3.8) is 0 Å². The predicted octanol–water partition coefficient (Wildman–Crippen LogP) is 1.22. The Morgan fingerprint density at radius 3 is 2.67 bits per heavy atom. The second kappa shape index (κ2) is 3.00. The number of piperazine rings is 1. The summed E-state index contributed by atoms with van der Waals surface area (Å²) in [5.41, 5.74) is 0.566. The number of nitrogens with one attached hydrogen (secondary N) is 1. The molecule has 2 heteroatoms. The summed E-state index contributed by atoms with van der Waals surface area (Å²) < 4.78 is 0. The van der Waals surface area contributed by atoms with Gasteiger partial charge in [-0.15, -0.1) is 0 Å². The molecule has 2 fully saturated rings. The summed E-state index contributed by atoms with van der Waals surface area (Å²) in [4.78, 5) is 2.68. The molecular weight excluding hydrogens is 148 g/mol. The Morgan fingerprint density at radius 1 is 1.42 bits per heavy atom. The van der Waals surface area contributed by atoms with Gasteiger partial charge in [0.15, 0.2) is 0 Å². The van der Waals surface area contributed by atoms with Gasteiger partial charge < -0.3 is 5.32 Å². The van der Waals surface area contributed by atoms with E-state index in [0.29, 0.717) is 11.6 Å². The van der Waals surface area contributed by atoms with Crippen LogP contribution in [0, 0.1) is 0 Å². The van der Waals surface area contributed by atoms with E-state index >= 15 is 0 Å². The quantitative estimate of drug-likeness (QED) is 0.633. The van der Waals surface area contributed by atoms with Crippen LogP contribution in [0.15, 0.2) is 0 Å². The molecule has 1 atom stereocenters. The fourth-order valence-electron chi connectivity index (χ4n) is 2.43. The zero-order chi connectivity index (χ0) is 8.60. The van der Waals surface area contributed by atoms with Gasteiger partial charge in [0.25, 0.3) is 0 Å². The van der Waals surface area contributed by atoms with E-state index in [2.05, 4.69) is 24.1 Å². The summed E-state index contributed by atoms with van der Waals surface area (Å²) in [5, 5.41) is 3.49. The average molecular weight is 168 g/mol. The number of rotatable bonds is 1. The highest BCUT2D eigenvalue weighted by Crippen LogP contribution is 2.37. The lowest BCUT2D eigenvalue weighted by atomic mass is 9.76. The van der Waals surface area contributed by atoms with E-state index in [1.165, 1.54) is 38.9 Å². The molecule has 1 N–H and O–H groups in total. The van der Waals surface area contributed by atoms with Gasteiger partial charge in [-0.25, -0.2) is 0 Å². The number of hydrogen-bond donors (Lipinski definition) is 1. The predicted molar refractivity (Wildman–Crippen MR) is 51.3 cm³/mol. The average Bonchev–Trinajstić information content (AvgIpc) is 2.00. The van der Waals surface area contributed by atoms with Crippen LogP contribution in [-0.2, 0) is 0 Å². The first kappa shape index (κ1) is 8.52. The third-order valence-electron chi connectivity index (χ3n) is 3.56. The van der Waals surface area contributed by atoms with Crippen LogP contribution in [0.25, 0.3) is 0 Å². The van der Waals surface area contributed by atoms with Crippen molar-refractivity contribution in [1.29, 1.82) is 0 Å². The molecule has 2 nitrogen and oxygen atoms in total. The number of nitrogens with zero attached hydrogens (tertiary/aromatic N) is 1. The van der Waals surface area contributed by atoms with Gasteiger partial charge in [0.05, 0.1) is 0 Å². The van der Waals surface area contributed by atoms with Gasteiger partial charge in [0.1, 0.15) is 0 Å². The van der Waals surface area contributed by atoms with Gasteiger partial charge >= 0.3 is 0 Å². The molecular formula is C10H20N2. The Balaban J connectivity index is 1.94. The van der Waals surface area contributed by atoms with Crippen LogP contribution in [0.1, 0.15) is 33.1 Å². The van der Waals surface area contributed by atoms with E-state index in [4.69, 9.17) is 0 Å². The third-order valence-corrected chi connectivity index (χ3v) is 3.56. The maximum absolute atomic E-state index is 3.49. The van der Waals surface area contributed by atoms with Crippen LogP contribution in [0.2, 0.25) is 0 Å². The molecule has 1 heterocycles. The minimum absolute atomic E-state index is 0.566. The lowest BCUT2D eigenvalue weighted by molar-refractivity contribution is 0.0122. The third kappa shape index (κ3) is 1.38. The Kier molecular flexibility index (Phi) is 2.13. The smallest absolute Gasteiger partial charge is 0.0182 e. The molecule has 0 bridgehead atoms. The molecule has 0 amide bonds. The van der Waals surface area contributed by atoms with E-state index in [-0.39, 0.29) is 0 Å². The standard InChI is InChI=1S/C10H20N2/c1-9-8-12(7-6-11-9)10(2)4-3-5-10/h9,11H,3-8H2,1-2H3. The zero-order valence-corrected chi connectivity index (χ0v) is 8.27. The molecule has 2 aliphatic rings. The van der Waals surface area contributed by atoms with E-state index in [1.807, 2.05) is 0 Å². The summed E-state index contributed by atoms with van der Waals surface area (Å²) in [6.45, 7) is 8.39. The van der Waals surface area contributed by atoms with Crippen molar-refractivity contribution in [2.45, 2.75) is 44.7 Å². The Labute approximate surface area is 75.3 Å². The molecule has 1 saturated carbocycles. The Hall–Kier alpha value is -0.0800. The molecule has 0 aromatic rings. The summed E-state index contributed by atoms with van der Waals surface area (Å²) in [6.07, 6.45) is 4.27. The van der Waals surface area contributed by atoms with E-state index < -0.39 is 0 Å². The van der Waals surface area contributed by atoms with Gasteiger partial charge in [0.2, 0.25) is 0 Å². The van der Waals surface area contributed by atoms with Crippen molar-refractivity contribution >= 4 is 0 Å². The highest BCUT2D eigenvalue weighted by Gasteiger charge is 2.38. The molecule has 70 valence electrons. The van der Waals surface area contributed by atoms with Crippen molar-refractivity contribution in [1.82, 2.24) is 10.2 Å². The summed E-state index contributed by atoms with van der Waals surface area (Å²) in [6, 6.07) is 0.691. The first-order valence-corrected chi connectivity index (χ1v) is 5.19. The molecule has 0 aromatic heterocycles. The normalized spacial score (nSPS) is 36.0. The van der Waals surface area contributed by atoms with Crippen LogP contribution in [0.5, 0.6) is 0 Å². The molecule has 0 radical (unpaired) electrons. The molecule has 2 rings (SSSR count). The van der Waals surface area contributed by atoms with Crippen LogP contribution < -0.4 is 5.32 Å². The Bertz CT molecular complexity index is 163. The maximum Gasteiger partial charge on any atom is 0.0182 e. The second-order valence-electron chi connectivity index (χ2n) is 4.65. The molecule has 1 unspecified atom stereocenters. The molecule has 0 aromatic carbocycles. The van der Waals surface area contributed by atoms with Crippen LogP contribution >= 0.6 is 0 Å². The van der Waals surface area contributed by atoms with E-state index in [9.17, 15) is 0 Å². The van der Waals surface area contributed by atoms with Crippen molar-refractivity contribution in [2.75, 3.05) is 19.6 Å². The van der Waals surface area contributed by atoms with Crippen molar-refractivity contribution in [3.05, 3.63) is 0 Å². The SMILES string of the molecule is CC1CN(C2(C)CCC2)CCN1. The van der Waals surface area contributed by atoms with E-state index in [0.717, 1.165) is 0 Å². The topological polar surface area (TPSA) is 15.3 Å². The molecule has 0 spiro atoms.